The quantitative estimate of drug-likeness (QED) is 0.809. The van der Waals surface area contributed by atoms with E-state index in [4.69, 9.17) is 0 Å². The average molecular weight is 251 g/mol. The van der Waals surface area contributed by atoms with E-state index >= 15 is 0 Å². The second kappa shape index (κ2) is 6.35. The van der Waals surface area contributed by atoms with Crippen molar-refractivity contribution in [2.45, 2.75) is 19.9 Å². The van der Waals surface area contributed by atoms with E-state index in [1.807, 2.05) is 14.1 Å². The van der Waals surface area contributed by atoms with E-state index in [1.54, 1.807) is 12.1 Å². The SMILES string of the molecule is CC(C)[C@H](CNC(=O)c1cccc(=O)[nH]1)N(C)C. The maximum absolute atomic E-state index is 11.8. The highest BCUT2D eigenvalue weighted by Gasteiger charge is 2.17. The van der Waals surface area contributed by atoms with Crippen molar-refractivity contribution in [2.24, 2.45) is 5.92 Å². The zero-order valence-electron chi connectivity index (χ0n) is 11.4. The fourth-order valence-electron chi connectivity index (χ4n) is 1.89. The van der Waals surface area contributed by atoms with E-state index < -0.39 is 0 Å². The minimum Gasteiger partial charge on any atom is -0.349 e. The fraction of sp³-hybridized carbons (Fsp3) is 0.538. The number of rotatable bonds is 5. The van der Waals surface area contributed by atoms with Crippen LogP contribution in [0.25, 0.3) is 0 Å². The second-order valence-corrected chi connectivity index (χ2v) is 4.91. The number of aromatic amines is 1. The molecule has 0 saturated heterocycles. The van der Waals surface area contributed by atoms with E-state index in [-0.39, 0.29) is 17.5 Å². The highest BCUT2D eigenvalue weighted by molar-refractivity contribution is 5.92. The van der Waals surface area contributed by atoms with Gasteiger partial charge in [0.25, 0.3) is 5.91 Å². The molecule has 1 rings (SSSR count). The van der Waals surface area contributed by atoms with Crippen LogP contribution in [0.3, 0.4) is 0 Å². The first-order valence-corrected chi connectivity index (χ1v) is 6.05. The topological polar surface area (TPSA) is 65.2 Å². The average Bonchev–Trinajstić information content (AvgIpc) is 2.28. The molecule has 1 amide bonds. The van der Waals surface area contributed by atoms with E-state index in [1.165, 1.54) is 6.07 Å². The summed E-state index contributed by atoms with van der Waals surface area (Å²) in [5.41, 5.74) is 0.0273. The number of carbonyl (C=O) groups is 1. The van der Waals surface area contributed by atoms with Gasteiger partial charge < -0.3 is 15.2 Å². The van der Waals surface area contributed by atoms with Crippen LogP contribution in [0.5, 0.6) is 0 Å². The summed E-state index contributed by atoms with van der Waals surface area (Å²) in [5.74, 6) is 0.190. The normalized spacial score (nSPS) is 12.8. The van der Waals surface area contributed by atoms with Gasteiger partial charge in [0, 0.05) is 18.7 Å². The van der Waals surface area contributed by atoms with Crippen molar-refractivity contribution >= 4 is 5.91 Å². The van der Waals surface area contributed by atoms with Crippen LogP contribution in [0.15, 0.2) is 23.0 Å². The van der Waals surface area contributed by atoms with Crippen molar-refractivity contribution in [1.29, 1.82) is 0 Å². The summed E-state index contributed by atoms with van der Waals surface area (Å²) in [7, 11) is 3.97. The Morgan fingerprint density at radius 3 is 2.56 bits per heavy atom. The molecule has 0 aromatic carbocycles. The Morgan fingerprint density at radius 2 is 2.06 bits per heavy atom. The lowest BCUT2D eigenvalue weighted by Crippen LogP contribution is -2.43. The highest BCUT2D eigenvalue weighted by atomic mass is 16.2. The number of aromatic nitrogens is 1. The molecule has 0 fully saturated rings. The lowest BCUT2D eigenvalue weighted by molar-refractivity contribution is 0.0929. The van der Waals surface area contributed by atoms with Crippen molar-refractivity contribution in [1.82, 2.24) is 15.2 Å². The summed E-state index contributed by atoms with van der Waals surface area (Å²) in [4.78, 5) is 27.5. The van der Waals surface area contributed by atoms with Crippen LogP contribution in [0.4, 0.5) is 0 Å². The van der Waals surface area contributed by atoms with Crippen LogP contribution in [-0.4, -0.2) is 42.5 Å². The third kappa shape index (κ3) is 4.00. The molecule has 5 nitrogen and oxygen atoms in total. The molecule has 1 aromatic heterocycles. The standard InChI is InChI=1S/C13H21N3O2/c1-9(2)11(16(3)4)8-14-13(18)10-6-5-7-12(17)15-10/h5-7,9,11H,8H2,1-4H3,(H,14,18)(H,15,17)/t11-/m0/s1. The Hall–Kier alpha value is -1.62. The van der Waals surface area contributed by atoms with E-state index in [9.17, 15) is 9.59 Å². The molecule has 1 heterocycles. The number of hydrogen-bond acceptors (Lipinski definition) is 3. The summed E-state index contributed by atoms with van der Waals surface area (Å²) >= 11 is 0. The fourth-order valence-corrected chi connectivity index (χ4v) is 1.89. The van der Waals surface area contributed by atoms with Crippen LogP contribution in [-0.2, 0) is 0 Å². The number of likely N-dealkylation sites (N-methyl/N-ethyl adjacent to an activating group) is 1. The van der Waals surface area contributed by atoms with Gasteiger partial charge in [-0.3, -0.25) is 9.59 Å². The molecule has 2 N–H and O–H groups in total. The summed E-state index contributed by atoms with van der Waals surface area (Å²) in [6.45, 7) is 4.78. The summed E-state index contributed by atoms with van der Waals surface area (Å²) in [5, 5.41) is 2.84. The van der Waals surface area contributed by atoms with Gasteiger partial charge in [0.15, 0.2) is 0 Å². The van der Waals surface area contributed by atoms with E-state index in [0.29, 0.717) is 18.2 Å². The van der Waals surface area contributed by atoms with E-state index in [0.717, 1.165) is 0 Å². The first kappa shape index (κ1) is 14.4. The minimum atomic E-state index is -0.268. The van der Waals surface area contributed by atoms with Crippen LogP contribution >= 0.6 is 0 Å². The third-order valence-corrected chi connectivity index (χ3v) is 2.92. The first-order chi connectivity index (χ1) is 8.41. The molecule has 0 radical (unpaired) electrons. The number of amides is 1. The Balaban J connectivity index is 2.63. The molecule has 1 aromatic rings. The minimum absolute atomic E-state index is 0.250. The van der Waals surface area contributed by atoms with Gasteiger partial charge in [-0.1, -0.05) is 19.9 Å². The van der Waals surface area contributed by atoms with Crippen LogP contribution in [0.2, 0.25) is 0 Å². The molecule has 0 aliphatic rings. The maximum atomic E-state index is 11.8. The van der Waals surface area contributed by atoms with E-state index in [2.05, 4.69) is 29.0 Å². The predicted molar refractivity (Wildman–Crippen MR) is 71.7 cm³/mol. The molecule has 1 atom stereocenters. The Bertz CT molecular complexity index is 444. The van der Waals surface area contributed by atoms with Crippen molar-refractivity contribution in [3.8, 4) is 0 Å². The molecule has 0 aliphatic heterocycles. The van der Waals surface area contributed by atoms with Gasteiger partial charge >= 0.3 is 0 Å². The summed E-state index contributed by atoms with van der Waals surface area (Å²) in [6, 6.07) is 4.81. The number of carbonyl (C=O) groups excluding carboxylic acids is 1. The Morgan fingerprint density at radius 1 is 1.39 bits per heavy atom. The zero-order valence-corrected chi connectivity index (χ0v) is 11.4. The van der Waals surface area contributed by atoms with Crippen LogP contribution in [0.1, 0.15) is 24.3 Å². The lowest BCUT2D eigenvalue weighted by atomic mass is 10.0. The number of pyridine rings is 1. The van der Waals surface area contributed by atoms with Gasteiger partial charge in [0.05, 0.1) is 0 Å². The molecule has 18 heavy (non-hydrogen) atoms. The second-order valence-electron chi connectivity index (χ2n) is 4.91. The molecular weight excluding hydrogens is 230 g/mol. The molecule has 0 aliphatic carbocycles. The Labute approximate surface area is 107 Å². The molecule has 0 saturated carbocycles. The van der Waals surface area contributed by atoms with Gasteiger partial charge in [0.1, 0.15) is 5.69 Å². The van der Waals surface area contributed by atoms with Crippen molar-refractivity contribution in [2.75, 3.05) is 20.6 Å². The number of nitrogens with one attached hydrogen (secondary N) is 2. The van der Waals surface area contributed by atoms with Crippen LogP contribution in [0, 0.1) is 5.92 Å². The van der Waals surface area contributed by atoms with Crippen LogP contribution < -0.4 is 10.9 Å². The van der Waals surface area contributed by atoms with Gasteiger partial charge in [0.2, 0.25) is 5.56 Å². The lowest BCUT2D eigenvalue weighted by Gasteiger charge is -2.28. The van der Waals surface area contributed by atoms with Crippen molar-refractivity contribution < 1.29 is 4.79 Å². The molecule has 5 heteroatoms. The summed E-state index contributed by atoms with van der Waals surface area (Å²) < 4.78 is 0. The third-order valence-electron chi connectivity index (χ3n) is 2.92. The molecular formula is C13H21N3O2. The van der Waals surface area contributed by atoms with Gasteiger partial charge in [-0.2, -0.15) is 0 Å². The van der Waals surface area contributed by atoms with Gasteiger partial charge in [-0.15, -0.1) is 0 Å². The highest BCUT2D eigenvalue weighted by Crippen LogP contribution is 2.06. The van der Waals surface area contributed by atoms with Gasteiger partial charge in [-0.05, 0) is 26.1 Å². The molecule has 0 unspecified atom stereocenters. The predicted octanol–water partition coefficient (Wildman–Crippen LogP) is 0.691. The molecule has 100 valence electrons. The number of hydrogen-bond donors (Lipinski definition) is 2. The molecule has 0 spiro atoms. The first-order valence-electron chi connectivity index (χ1n) is 6.05. The van der Waals surface area contributed by atoms with Gasteiger partial charge in [-0.25, -0.2) is 0 Å². The van der Waals surface area contributed by atoms with Crippen molar-refractivity contribution in [3.05, 3.63) is 34.2 Å². The molecule has 0 bridgehead atoms. The smallest absolute Gasteiger partial charge is 0.267 e. The largest absolute Gasteiger partial charge is 0.349 e. The Kier molecular flexibility index (Phi) is 5.09. The monoisotopic (exact) mass is 251 g/mol. The van der Waals surface area contributed by atoms with Crippen molar-refractivity contribution in [3.63, 3.8) is 0 Å². The number of H-pyrrole nitrogens is 1. The maximum Gasteiger partial charge on any atom is 0.267 e. The zero-order chi connectivity index (χ0) is 13.7. The number of nitrogens with zero attached hydrogens (tertiary/aromatic N) is 1. The summed E-state index contributed by atoms with van der Waals surface area (Å²) in [6.07, 6.45) is 0.